The molecule has 1 aromatic carbocycles. The van der Waals surface area contributed by atoms with Crippen LogP contribution in [0.25, 0.3) is 22.3 Å². The summed E-state index contributed by atoms with van der Waals surface area (Å²) in [5.74, 6) is -0.423. The van der Waals surface area contributed by atoms with Crippen molar-refractivity contribution in [3.8, 4) is 22.9 Å². The Hall–Kier alpha value is -4.21. The van der Waals surface area contributed by atoms with E-state index in [1.807, 2.05) is 65.1 Å². The third-order valence-electron chi connectivity index (χ3n) is 13.6. The van der Waals surface area contributed by atoms with Crippen molar-refractivity contribution in [2.75, 3.05) is 38.1 Å². The normalized spacial score (nSPS) is 27.5. The van der Waals surface area contributed by atoms with Gasteiger partial charge >= 0.3 is 5.97 Å². The van der Waals surface area contributed by atoms with Crippen LogP contribution in [0.15, 0.2) is 23.6 Å². The molecule has 3 saturated carbocycles. The molecule has 16 heteroatoms. The second kappa shape index (κ2) is 17.8. The van der Waals surface area contributed by atoms with E-state index in [9.17, 15) is 24.3 Å². The smallest absolute Gasteiger partial charge is 0.329 e. The predicted octanol–water partition coefficient (Wildman–Crippen LogP) is 6.99. The fourth-order valence-electron chi connectivity index (χ4n) is 9.87. The number of pyridine rings is 1. The first-order valence-electron chi connectivity index (χ1n) is 22.6. The molecule has 3 aromatic rings. The number of carbonyl (C=O) groups excluding carboxylic acids is 3. The maximum absolute atomic E-state index is 14.9. The van der Waals surface area contributed by atoms with Gasteiger partial charge in [0.1, 0.15) is 52.5 Å². The minimum absolute atomic E-state index is 0.0218. The number of aliphatic carboxylic acids is 1. The topological polar surface area (TPSA) is 175 Å². The standard InChI is InChI=1S/C46H62ClN7O7S/c1-7-29-22-46(29,43(58)59)52-41(56)34-20-30(23-54(34)42(57)39(45(4,5)6)51-40(55)28-18-26-17-27(26)19-28)61-36-21-32(33-24-62-44(50-33)48-25(2)3)49-38-31(36)11-12-35(37(38)47)60-16-15-53-13-9-8-10-14-53/h11-12,21,24-30,34,39H,7-10,13-20,22-23H2,1-6H3,(H,48,50)(H,51,55)(H,52,56)(H,58,59)/t26-,27+,28?,29-,30?,34?,39-,46-/m1/s1. The molecular formula is C46H62ClN7O7S. The Morgan fingerprint density at radius 3 is 2.40 bits per heavy atom. The van der Waals surface area contributed by atoms with Gasteiger partial charge in [-0.05, 0) is 101 Å². The zero-order valence-corrected chi connectivity index (χ0v) is 38.4. The highest BCUT2D eigenvalue weighted by atomic mass is 35.5. The molecule has 0 spiro atoms. The van der Waals surface area contributed by atoms with E-state index in [1.165, 1.54) is 41.9 Å². The number of halogens is 1. The van der Waals surface area contributed by atoms with Crippen LogP contribution in [-0.4, -0.2) is 111 Å². The number of carboxylic acid groups (broad SMARTS) is 1. The summed E-state index contributed by atoms with van der Waals surface area (Å²) in [6.45, 7) is 15.1. The van der Waals surface area contributed by atoms with Gasteiger partial charge in [0, 0.05) is 41.8 Å². The summed E-state index contributed by atoms with van der Waals surface area (Å²) in [6.07, 6.45) is 6.76. The van der Waals surface area contributed by atoms with Gasteiger partial charge < -0.3 is 35.4 Å². The van der Waals surface area contributed by atoms with Crippen molar-refractivity contribution in [2.24, 2.45) is 29.1 Å². The molecule has 2 saturated heterocycles. The molecule has 336 valence electrons. The third kappa shape index (κ3) is 9.36. The number of benzene rings is 1. The van der Waals surface area contributed by atoms with Crippen LogP contribution in [0.1, 0.15) is 99.3 Å². The number of likely N-dealkylation sites (tertiary alicyclic amines) is 2. The summed E-state index contributed by atoms with van der Waals surface area (Å²) in [6, 6.07) is 3.68. The highest BCUT2D eigenvalue weighted by Crippen LogP contribution is 2.54. The molecule has 5 aliphatic rings. The molecule has 8 rings (SSSR count). The van der Waals surface area contributed by atoms with Crippen LogP contribution in [0.3, 0.4) is 0 Å². The predicted molar refractivity (Wildman–Crippen MR) is 240 cm³/mol. The fraction of sp³-hybridized carbons (Fsp3) is 0.652. The van der Waals surface area contributed by atoms with Gasteiger partial charge in [-0.1, -0.05) is 52.1 Å². The molecule has 2 aromatic heterocycles. The van der Waals surface area contributed by atoms with Crippen molar-refractivity contribution >= 4 is 62.7 Å². The number of aromatic nitrogens is 2. The van der Waals surface area contributed by atoms with Gasteiger partial charge in [0.2, 0.25) is 17.7 Å². The number of amides is 3. The number of fused-ring (bicyclic) bond motifs is 2. The molecule has 0 radical (unpaired) electrons. The van der Waals surface area contributed by atoms with E-state index in [-0.39, 0.29) is 36.8 Å². The Labute approximate surface area is 373 Å². The molecule has 3 amide bonds. The molecule has 8 atom stereocenters. The summed E-state index contributed by atoms with van der Waals surface area (Å²) in [7, 11) is 0. The van der Waals surface area contributed by atoms with Gasteiger partial charge in [-0.3, -0.25) is 19.3 Å². The maximum Gasteiger partial charge on any atom is 0.329 e. The van der Waals surface area contributed by atoms with Gasteiger partial charge in [-0.2, -0.15) is 0 Å². The molecule has 5 fully saturated rings. The molecule has 62 heavy (non-hydrogen) atoms. The van der Waals surface area contributed by atoms with Crippen LogP contribution in [0.2, 0.25) is 5.02 Å². The monoisotopic (exact) mass is 891 g/mol. The summed E-state index contributed by atoms with van der Waals surface area (Å²) in [5, 5.41) is 23.2. The number of piperidine rings is 1. The first-order valence-corrected chi connectivity index (χ1v) is 23.8. The van der Waals surface area contributed by atoms with Crippen molar-refractivity contribution in [1.82, 2.24) is 30.4 Å². The molecule has 3 aliphatic carbocycles. The number of carboxylic acids is 1. The number of hydrogen-bond donors (Lipinski definition) is 4. The van der Waals surface area contributed by atoms with Crippen molar-refractivity contribution in [2.45, 2.75) is 129 Å². The number of anilines is 1. The van der Waals surface area contributed by atoms with Crippen LogP contribution in [0, 0.1) is 29.1 Å². The Bertz CT molecular complexity index is 2180. The van der Waals surface area contributed by atoms with Gasteiger partial charge in [-0.25, -0.2) is 14.8 Å². The number of nitrogens with one attached hydrogen (secondary N) is 3. The molecule has 3 unspecified atom stereocenters. The largest absolute Gasteiger partial charge is 0.491 e. The number of carbonyl (C=O) groups is 4. The second-order valence-electron chi connectivity index (χ2n) is 19.7. The molecule has 2 aliphatic heterocycles. The number of nitrogens with zero attached hydrogens (tertiary/aromatic N) is 4. The van der Waals surface area contributed by atoms with Crippen molar-refractivity contribution in [3.63, 3.8) is 0 Å². The third-order valence-corrected chi connectivity index (χ3v) is 14.8. The van der Waals surface area contributed by atoms with Gasteiger partial charge in [0.15, 0.2) is 5.13 Å². The molecule has 0 bridgehead atoms. The minimum Gasteiger partial charge on any atom is -0.491 e. The van der Waals surface area contributed by atoms with Crippen LogP contribution in [0.4, 0.5) is 5.13 Å². The lowest BCUT2D eigenvalue weighted by molar-refractivity contribution is -0.147. The van der Waals surface area contributed by atoms with E-state index in [4.69, 9.17) is 31.0 Å². The zero-order valence-electron chi connectivity index (χ0n) is 36.8. The Balaban J connectivity index is 1.10. The van der Waals surface area contributed by atoms with Crippen LogP contribution in [-0.2, 0) is 19.2 Å². The van der Waals surface area contributed by atoms with Gasteiger partial charge in [-0.15, -0.1) is 11.3 Å². The summed E-state index contributed by atoms with van der Waals surface area (Å²) in [4.78, 5) is 69.1. The van der Waals surface area contributed by atoms with Gasteiger partial charge in [0.05, 0.1) is 17.8 Å². The average Bonchev–Trinajstić information content (AvgIpc) is 3.90. The number of ether oxygens (including phenoxy) is 2. The van der Waals surface area contributed by atoms with Crippen LogP contribution < -0.4 is 25.4 Å². The highest BCUT2D eigenvalue weighted by molar-refractivity contribution is 7.14. The minimum atomic E-state index is -1.39. The lowest BCUT2D eigenvalue weighted by atomic mass is 9.85. The molecular weight excluding hydrogens is 830 g/mol. The number of rotatable bonds is 16. The van der Waals surface area contributed by atoms with E-state index in [1.54, 1.807) is 0 Å². The zero-order chi connectivity index (χ0) is 44.1. The summed E-state index contributed by atoms with van der Waals surface area (Å²) < 4.78 is 13.1. The summed E-state index contributed by atoms with van der Waals surface area (Å²) in [5.41, 5.74) is -0.481. The SMILES string of the molecule is CC[C@@H]1C[C@]1(NC(=O)C1CC(Oc2cc(-c3csc(NC(C)C)n3)nc3c(Cl)c(OCCN4CCCCC4)ccc23)CN1C(=O)[C@@H](NC(=O)C1C[C@@H]2C[C@@H]2C1)C(C)(C)C)C(=O)O. The second-order valence-corrected chi connectivity index (χ2v) is 20.9. The first-order chi connectivity index (χ1) is 29.5. The quantitative estimate of drug-likeness (QED) is 0.117. The maximum atomic E-state index is 14.9. The number of hydrogen-bond acceptors (Lipinski definition) is 11. The van der Waals surface area contributed by atoms with Crippen molar-refractivity contribution in [1.29, 1.82) is 0 Å². The van der Waals surface area contributed by atoms with Crippen molar-refractivity contribution < 1.29 is 33.8 Å². The Morgan fingerprint density at radius 1 is 1.00 bits per heavy atom. The van der Waals surface area contributed by atoms with Gasteiger partial charge in [0.25, 0.3) is 0 Å². The number of thiazole rings is 1. The fourth-order valence-corrected chi connectivity index (χ4v) is 11.0. The highest BCUT2D eigenvalue weighted by Gasteiger charge is 2.61. The Morgan fingerprint density at radius 2 is 1.74 bits per heavy atom. The molecule has 14 nitrogen and oxygen atoms in total. The first kappa shape index (κ1) is 44.4. The molecule has 4 heterocycles. The average molecular weight is 893 g/mol. The van der Waals surface area contributed by atoms with Crippen LogP contribution in [0.5, 0.6) is 11.5 Å². The van der Waals surface area contributed by atoms with Crippen LogP contribution >= 0.6 is 22.9 Å². The van der Waals surface area contributed by atoms with E-state index in [2.05, 4.69) is 20.9 Å². The lowest BCUT2D eigenvalue weighted by Crippen LogP contribution is -2.59. The van der Waals surface area contributed by atoms with E-state index >= 15 is 0 Å². The summed E-state index contributed by atoms with van der Waals surface area (Å²) >= 11 is 8.59. The lowest BCUT2D eigenvalue weighted by Gasteiger charge is -2.36. The van der Waals surface area contributed by atoms with E-state index in [0.717, 1.165) is 37.6 Å². The molecule has 4 N–H and O–H groups in total. The van der Waals surface area contributed by atoms with E-state index in [0.29, 0.717) is 70.1 Å². The van der Waals surface area contributed by atoms with E-state index < -0.39 is 46.9 Å². The Kier molecular flexibility index (Phi) is 12.7. The van der Waals surface area contributed by atoms with Crippen molar-refractivity contribution in [3.05, 3.63) is 28.6 Å².